The molecule has 0 bridgehead atoms. The molecule has 5 rings (SSSR count). The Morgan fingerprint density at radius 1 is 0.912 bits per heavy atom. The third kappa shape index (κ3) is 4.97. The first kappa shape index (κ1) is 21.8. The van der Waals surface area contributed by atoms with Crippen LogP contribution in [-0.2, 0) is 17.9 Å². The fraction of sp³-hybridized carbons (Fsp3) is 0.192. The summed E-state index contributed by atoms with van der Waals surface area (Å²) in [5.74, 6) is 1.49. The molecule has 4 aromatic rings. The van der Waals surface area contributed by atoms with Crippen LogP contribution in [0, 0.1) is 5.82 Å². The molecule has 8 heteroatoms. The minimum atomic E-state index is -0.302. The molecule has 0 aliphatic carbocycles. The van der Waals surface area contributed by atoms with Gasteiger partial charge in [0.1, 0.15) is 29.5 Å². The van der Waals surface area contributed by atoms with Gasteiger partial charge in [0, 0.05) is 31.6 Å². The minimum Gasteiger partial charge on any atom is -0.457 e. The summed E-state index contributed by atoms with van der Waals surface area (Å²) in [7, 11) is 0. The van der Waals surface area contributed by atoms with Crippen molar-refractivity contribution < 1.29 is 13.9 Å². The van der Waals surface area contributed by atoms with Crippen molar-refractivity contribution in [3.63, 3.8) is 0 Å². The maximum absolute atomic E-state index is 13.1. The lowest BCUT2D eigenvalue weighted by Crippen LogP contribution is -2.49. The predicted molar refractivity (Wildman–Crippen MR) is 128 cm³/mol. The molecule has 0 radical (unpaired) electrons. The lowest BCUT2D eigenvalue weighted by atomic mass is 10.1. The summed E-state index contributed by atoms with van der Waals surface area (Å²) in [6.45, 7) is 2.96. The van der Waals surface area contributed by atoms with Crippen molar-refractivity contribution in [1.82, 2.24) is 19.8 Å². The van der Waals surface area contributed by atoms with Crippen LogP contribution in [0.3, 0.4) is 0 Å². The number of fused-ring (bicyclic) bond motifs is 1. The fourth-order valence-electron chi connectivity index (χ4n) is 4.11. The number of nitrogen functional groups attached to an aromatic ring is 1. The molecular formula is C26H24FN5O2. The highest BCUT2D eigenvalue weighted by Crippen LogP contribution is 2.24. The Labute approximate surface area is 196 Å². The van der Waals surface area contributed by atoms with Crippen molar-refractivity contribution in [2.75, 3.05) is 25.4 Å². The molecule has 34 heavy (non-hydrogen) atoms. The monoisotopic (exact) mass is 457 g/mol. The molecule has 2 N–H and O–H groups in total. The van der Waals surface area contributed by atoms with Crippen molar-refractivity contribution in [3.05, 3.63) is 90.0 Å². The van der Waals surface area contributed by atoms with Crippen LogP contribution in [0.1, 0.15) is 11.1 Å². The third-order valence-electron chi connectivity index (χ3n) is 5.86. The van der Waals surface area contributed by atoms with Gasteiger partial charge in [0.2, 0.25) is 5.91 Å². The average molecular weight is 458 g/mol. The van der Waals surface area contributed by atoms with E-state index in [1.807, 2.05) is 47.4 Å². The summed E-state index contributed by atoms with van der Waals surface area (Å²) in [5.41, 5.74) is 8.74. The van der Waals surface area contributed by atoms with Crippen LogP contribution in [0.2, 0.25) is 0 Å². The molecule has 0 spiro atoms. The molecule has 0 atom stereocenters. The van der Waals surface area contributed by atoms with Gasteiger partial charge < -0.3 is 15.4 Å². The Balaban J connectivity index is 1.19. The normalized spacial score (nSPS) is 14.5. The number of carbonyl (C=O) groups excluding carboxylic acids is 1. The lowest BCUT2D eigenvalue weighted by molar-refractivity contribution is -0.136. The summed E-state index contributed by atoms with van der Waals surface area (Å²) in [6.07, 6.45) is 1.45. The van der Waals surface area contributed by atoms with E-state index >= 15 is 0 Å². The second kappa shape index (κ2) is 9.44. The molecule has 172 valence electrons. The lowest BCUT2D eigenvalue weighted by Gasteiger charge is -2.34. The quantitative estimate of drug-likeness (QED) is 0.471. The van der Waals surface area contributed by atoms with Crippen molar-refractivity contribution in [2.24, 2.45) is 0 Å². The second-order valence-electron chi connectivity index (χ2n) is 8.34. The van der Waals surface area contributed by atoms with E-state index in [9.17, 15) is 9.18 Å². The van der Waals surface area contributed by atoms with Crippen LogP contribution in [0.4, 0.5) is 10.2 Å². The molecule has 0 saturated carbocycles. The van der Waals surface area contributed by atoms with Crippen LogP contribution in [0.5, 0.6) is 11.5 Å². The number of hydrogen-bond donors (Lipinski definition) is 1. The van der Waals surface area contributed by atoms with Crippen molar-refractivity contribution in [3.8, 4) is 11.5 Å². The molecule has 2 heterocycles. The molecule has 1 fully saturated rings. The Hall–Kier alpha value is -4.04. The van der Waals surface area contributed by atoms with E-state index < -0.39 is 0 Å². The molecular weight excluding hydrogens is 433 g/mol. The van der Waals surface area contributed by atoms with Gasteiger partial charge in [-0.1, -0.05) is 18.2 Å². The molecule has 1 aliphatic rings. The van der Waals surface area contributed by atoms with Gasteiger partial charge in [-0.3, -0.25) is 9.69 Å². The number of hydrogen-bond acceptors (Lipinski definition) is 6. The van der Waals surface area contributed by atoms with Crippen LogP contribution in [0.15, 0.2) is 73.1 Å². The molecule has 1 aliphatic heterocycles. The van der Waals surface area contributed by atoms with E-state index in [2.05, 4.69) is 14.9 Å². The average Bonchev–Trinajstić information content (AvgIpc) is 2.83. The zero-order valence-corrected chi connectivity index (χ0v) is 18.5. The molecule has 1 amide bonds. The second-order valence-corrected chi connectivity index (χ2v) is 8.34. The van der Waals surface area contributed by atoms with Gasteiger partial charge in [-0.2, -0.15) is 0 Å². The summed E-state index contributed by atoms with van der Waals surface area (Å²) in [4.78, 5) is 25.1. The first-order valence-corrected chi connectivity index (χ1v) is 11.0. The van der Waals surface area contributed by atoms with Crippen LogP contribution in [-0.4, -0.2) is 45.3 Å². The highest BCUT2D eigenvalue weighted by atomic mass is 19.1. The van der Waals surface area contributed by atoms with E-state index in [0.717, 1.165) is 28.6 Å². The Morgan fingerprint density at radius 2 is 1.74 bits per heavy atom. The Morgan fingerprint density at radius 3 is 2.56 bits per heavy atom. The summed E-state index contributed by atoms with van der Waals surface area (Å²) < 4.78 is 18.9. The number of anilines is 1. The maximum atomic E-state index is 13.1. The van der Waals surface area contributed by atoms with Gasteiger partial charge in [0.05, 0.1) is 12.1 Å². The van der Waals surface area contributed by atoms with Gasteiger partial charge in [-0.25, -0.2) is 14.4 Å². The number of halogens is 1. The summed E-state index contributed by atoms with van der Waals surface area (Å²) in [5, 5.41) is 0.813. The zero-order valence-electron chi connectivity index (χ0n) is 18.5. The summed E-state index contributed by atoms with van der Waals surface area (Å²) >= 11 is 0. The van der Waals surface area contributed by atoms with Gasteiger partial charge in [-0.05, 0) is 59.7 Å². The van der Waals surface area contributed by atoms with Crippen LogP contribution in [0.25, 0.3) is 10.9 Å². The van der Waals surface area contributed by atoms with Gasteiger partial charge in [-0.15, -0.1) is 0 Å². The largest absolute Gasteiger partial charge is 0.457 e. The minimum absolute atomic E-state index is 0.0901. The third-order valence-corrected chi connectivity index (χ3v) is 5.86. The molecule has 1 saturated heterocycles. The first-order chi connectivity index (χ1) is 16.5. The van der Waals surface area contributed by atoms with Gasteiger partial charge >= 0.3 is 0 Å². The van der Waals surface area contributed by atoms with Crippen molar-refractivity contribution >= 4 is 22.6 Å². The smallest absolute Gasteiger partial charge is 0.237 e. The SMILES string of the molecule is Nc1ncnc2cc(CN3CCN(Cc4cccc(Oc5ccc(F)cc5)c4)CC3=O)ccc12. The van der Waals surface area contributed by atoms with Gasteiger partial charge in [0.15, 0.2) is 0 Å². The fourth-order valence-corrected chi connectivity index (χ4v) is 4.11. The van der Waals surface area contributed by atoms with E-state index in [4.69, 9.17) is 10.5 Å². The number of benzene rings is 3. The van der Waals surface area contributed by atoms with Crippen LogP contribution < -0.4 is 10.5 Å². The molecule has 1 aromatic heterocycles. The Bertz CT molecular complexity index is 1330. The number of amides is 1. The highest BCUT2D eigenvalue weighted by Gasteiger charge is 2.24. The number of nitrogens with zero attached hydrogens (tertiary/aromatic N) is 4. The number of carbonyl (C=O) groups is 1. The number of piperazine rings is 1. The number of ether oxygens (including phenoxy) is 1. The van der Waals surface area contributed by atoms with Crippen LogP contribution >= 0.6 is 0 Å². The van der Waals surface area contributed by atoms with E-state index in [0.29, 0.717) is 43.5 Å². The van der Waals surface area contributed by atoms with Crippen molar-refractivity contribution in [1.29, 1.82) is 0 Å². The topological polar surface area (TPSA) is 84.6 Å². The number of nitrogens with two attached hydrogens (primary N) is 1. The van der Waals surface area contributed by atoms with E-state index in [1.54, 1.807) is 12.1 Å². The van der Waals surface area contributed by atoms with Gasteiger partial charge in [0.25, 0.3) is 0 Å². The predicted octanol–water partition coefficient (Wildman–Crippen LogP) is 3.99. The molecule has 0 unspecified atom stereocenters. The first-order valence-electron chi connectivity index (χ1n) is 11.0. The number of aromatic nitrogens is 2. The Kier molecular flexibility index (Phi) is 6.05. The maximum Gasteiger partial charge on any atom is 0.237 e. The summed E-state index contributed by atoms with van der Waals surface area (Å²) in [6, 6.07) is 19.5. The van der Waals surface area contributed by atoms with E-state index in [-0.39, 0.29) is 11.7 Å². The number of rotatable bonds is 6. The highest BCUT2D eigenvalue weighted by molar-refractivity contribution is 5.88. The molecule has 3 aromatic carbocycles. The standard InChI is InChI=1S/C26H24FN5O2/c27-20-5-7-21(8-6-20)34-22-3-1-2-18(12-22)14-31-10-11-32(25(33)16-31)15-19-4-9-23-24(13-19)29-17-30-26(23)28/h1-9,12-13,17H,10-11,14-16H2,(H2,28,29,30). The van der Waals surface area contributed by atoms with Crippen molar-refractivity contribution in [2.45, 2.75) is 13.1 Å². The molecule has 7 nitrogen and oxygen atoms in total. The van der Waals surface area contributed by atoms with E-state index in [1.165, 1.54) is 18.5 Å². The zero-order chi connectivity index (χ0) is 23.5.